The van der Waals surface area contributed by atoms with Gasteiger partial charge in [-0.1, -0.05) is 49.3 Å². The standard InChI is InChI=1S/C22H21N3O4/c1-14(2)20(23-19(26)11-8-15-6-4-3-5-7-15)22-24-21(25-29-22)16-9-10-17-18(12-16)28-13-27-17/h3-12,14,20H,13H2,1-2H3,(H,23,26)/b11-8+/t20-/m1/s1. The van der Waals surface area contributed by atoms with Gasteiger partial charge in [0.1, 0.15) is 6.04 Å². The number of ether oxygens (including phenoxy) is 2. The molecule has 0 bridgehead atoms. The van der Waals surface area contributed by atoms with E-state index in [0.717, 1.165) is 11.1 Å². The van der Waals surface area contributed by atoms with Crippen LogP contribution in [0.2, 0.25) is 0 Å². The highest BCUT2D eigenvalue weighted by Crippen LogP contribution is 2.35. The first-order chi connectivity index (χ1) is 14.1. The van der Waals surface area contributed by atoms with Gasteiger partial charge in [0.15, 0.2) is 11.5 Å². The Morgan fingerprint density at radius 2 is 1.90 bits per heavy atom. The van der Waals surface area contributed by atoms with Crippen LogP contribution in [0.25, 0.3) is 17.5 Å². The minimum Gasteiger partial charge on any atom is -0.454 e. The minimum atomic E-state index is -0.404. The van der Waals surface area contributed by atoms with Crippen LogP contribution < -0.4 is 14.8 Å². The number of nitrogens with zero attached hydrogens (tertiary/aromatic N) is 2. The number of hydrogen-bond donors (Lipinski definition) is 1. The Kier molecular flexibility index (Phi) is 5.29. The van der Waals surface area contributed by atoms with E-state index in [1.165, 1.54) is 6.08 Å². The Hall–Kier alpha value is -3.61. The first-order valence-corrected chi connectivity index (χ1v) is 9.37. The molecule has 0 spiro atoms. The molecule has 1 amide bonds. The van der Waals surface area contributed by atoms with Crippen LogP contribution in [0, 0.1) is 5.92 Å². The van der Waals surface area contributed by atoms with Crippen molar-refractivity contribution in [1.82, 2.24) is 15.5 Å². The predicted octanol–water partition coefficient (Wildman–Crippen LogP) is 3.99. The predicted molar refractivity (Wildman–Crippen MR) is 107 cm³/mol. The van der Waals surface area contributed by atoms with Gasteiger partial charge in [0, 0.05) is 11.6 Å². The van der Waals surface area contributed by atoms with Gasteiger partial charge in [-0.2, -0.15) is 4.98 Å². The van der Waals surface area contributed by atoms with Crippen molar-refractivity contribution in [3.8, 4) is 22.9 Å². The summed E-state index contributed by atoms with van der Waals surface area (Å²) in [7, 11) is 0. The van der Waals surface area contributed by atoms with Crippen LogP contribution in [-0.2, 0) is 4.79 Å². The van der Waals surface area contributed by atoms with Crippen molar-refractivity contribution < 1.29 is 18.8 Å². The molecule has 2 aromatic carbocycles. The fourth-order valence-corrected chi connectivity index (χ4v) is 2.97. The third-order valence-electron chi connectivity index (χ3n) is 4.53. The number of aromatic nitrogens is 2. The maximum Gasteiger partial charge on any atom is 0.249 e. The maximum absolute atomic E-state index is 12.4. The molecule has 2 heterocycles. The van der Waals surface area contributed by atoms with Crippen LogP contribution in [0.15, 0.2) is 59.1 Å². The van der Waals surface area contributed by atoms with E-state index in [9.17, 15) is 4.79 Å². The molecule has 1 aliphatic heterocycles. The first kappa shape index (κ1) is 18.7. The van der Waals surface area contributed by atoms with Gasteiger partial charge in [0.05, 0.1) is 0 Å². The number of nitrogens with one attached hydrogen (secondary N) is 1. The van der Waals surface area contributed by atoms with Gasteiger partial charge >= 0.3 is 0 Å². The fraction of sp³-hybridized carbons (Fsp3) is 0.227. The molecule has 7 heteroatoms. The van der Waals surface area contributed by atoms with Gasteiger partial charge in [-0.3, -0.25) is 4.79 Å². The van der Waals surface area contributed by atoms with Crippen molar-refractivity contribution in [2.24, 2.45) is 5.92 Å². The van der Waals surface area contributed by atoms with Crippen molar-refractivity contribution >= 4 is 12.0 Å². The molecule has 4 rings (SSSR count). The molecule has 1 aliphatic rings. The summed E-state index contributed by atoms with van der Waals surface area (Å²) in [5, 5.41) is 7.01. The second-order valence-corrected chi connectivity index (χ2v) is 7.00. The summed E-state index contributed by atoms with van der Waals surface area (Å²) in [4.78, 5) is 16.9. The number of amides is 1. The third kappa shape index (κ3) is 4.29. The molecule has 1 N–H and O–H groups in total. The van der Waals surface area contributed by atoms with Crippen LogP contribution in [0.4, 0.5) is 0 Å². The Labute approximate surface area is 168 Å². The molecular weight excluding hydrogens is 370 g/mol. The maximum atomic E-state index is 12.4. The summed E-state index contributed by atoms with van der Waals surface area (Å²) in [6, 6.07) is 14.7. The number of fused-ring (bicyclic) bond motifs is 1. The Morgan fingerprint density at radius 3 is 2.69 bits per heavy atom. The molecule has 0 radical (unpaired) electrons. The van der Waals surface area contributed by atoms with Gasteiger partial charge in [0.2, 0.25) is 24.4 Å². The lowest BCUT2D eigenvalue weighted by Gasteiger charge is -2.17. The zero-order valence-electron chi connectivity index (χ0n) is 16.2. The van der Waals surface area contributed by atoms with Gasteiger partial charge < -0.3 is 19.3 Å². The first-order valence-electron chi connectivity index (χ1n) is 9.37. The zero-order chi connectivity index (χ0) is 20.2. The molecule has 0 fully saturated rings. The Bertz CT molecular complexity index is 1030. The highest BCUT2D eigenvalue weighted by atomic mass is 16.7. The van der Waals surface area contributed by atoms with Crippen molar-refractivity contribution in [2.45, 2.75) is 19.9 Å². The average Bonchev–Trinajstić information content (AvgIpc) is 3.40. The summed E-state index contributed by atoms with van der Waals surface area (Å²) in [6.45, 7) is 4.17. The van der Waals surface area contributed by atoms with Crippen molar-refractivity contribution in [3.63, 3.8) is 0 Å². The summed E-state index contributed by atoms with van der Waals surface area (Å²) >= 11 is 0. The molecule has 29 heavy (non-hydrogen) atoms. The highest BCUT2D eigenvalue weighted by Gasteiger charge is 2.25. The van der Waals surface area contributed by atoms with E-state index in [2.05, 4.69) is 15.5 Å². The van der Waals surface area contributed by atoms with Gasteiger partial charge in [-0.25, -0.2) is 0 Å². The van der Waals surface area contributed by atoms with E-state index >= 15 is 0 Å². The van der Waals surface area contributed by atoms with Crippen LogP contribution in [0.5, 0.6) is 11.5 Å². The normalized spacial score (nSPS) is 13.8. The van der Waals surface area contributed by atoms with Crippen LogP contribution in [-0.4, -0.2) is 22.8 Å². The molecule has 1 atom stereocenters. The van der Waals surface area contributed by atoms with E-state index in [0.29, 0.717) is 23.2 Å². The summed E-state index contributed by atoms with van der Waals surface area (Å²) < 4.78 is 16.2. The number of rotatable bonds is 6. The van der Waals surface area contributed by atoms with Crippen LogP contribution >= 0.6 is 0 Å². The monoisotopic (exact) mass is 391 g/mol. The largest absolute Gasteiger partial charge is 0.454 e. The number of hydrogen-bond acceptors (Lipinski definition) is 6. The number of benzene rings is 2. The van der Waals surface area contributed by atoms with Gasteiger partial charge in [-0.15, -0.1) is 0 Å². The number of carbonyl (C=O) groups is 1. The lowest BCUT2D eigenvalue weighted by molar-refractivity contribution is -0.117. The lowest BCUT2D eigenvalue weighted by Crippen LogP contribution is -2.30. The second kappa shape index (κ2) is 8.18. The topological polar surface area (TPSA) is 86.5 Å². The second-order valence-electron chi connectivity index (χ2n) is 7.00. The quantitative estimate of drug-likeness (QED) is 0.640. The third-order valence-corrected chi connectivity index (χ3v) is 4.53. The lowest BCUT2D eigenvalue weighted by atomic mass is 10.0. The number of carbonyl (C=O) groups excluding carboxylic acids is 1. The van der Waals surface area contributed by atoms with E-state index in [1.54, 1.807) is 6.08 Å². The minimum absolute atomic E-state index is 0.0640. The summed E-state index contributed by atoms with van der Waals surface area (Å²) in [6.07, 6.45) is 3.26. The van der Waals surface area contributed by atoms with E-state index in [1.807, 2.05) is 62.4 Å². The molecule has 1 aromatic heterocycles. The molecular formula is C22H21N3O4. The summed E-state index contributed by atoms with van der Waals surface area (Å²) in [5.74, 6) is 1.96. The summed E-state index contributed by atoms with van der Waals surface area (Å²) in [5.41, 5.74) is 1.70. The smallest absolute Gasteiger partial charge is 0.249 e. The molecule has 3 aromatic rings. The van der Waals surface area contributed by atoms with Gasteiger partial charge in [0.25, 0.3) is 0 Å². The highest BCUT2D eigenvalue weighted by molar-refractivity contribution is 5.91. The molecule has 148 valence electrons. The Morgan fingerprint density at radius 1 is 1.10 bits per heavy atom. The van der Waals surface area contributed by atoms with Gasteiger partial charge in [-0.05, 0) is 35.8 Å². The van der Waals surface area contributed by atoms with Crippen molar-refractivity contribution in [1.29, 1.82) is 0 Å². The zero-order valence-corrected chi connectivity index (χ0v) is 16.2. The molecule has 0 saturated carbocycles. The molecule has 0 saturated heterocycles. The molecule has 0 aliphatic carbocycles. The average molecular weight is 391 g/mol. The molecule has 0 unspecified atom stereocenters. The van der Waals surface area contributed by atoms with Crippen molar-refractivity contribution in [2.75, 3.05) is 6.79 Å². The Balaban J connectivity index is 1.49. The van der Waals surface area contributed by atoms with Crippen LogP contribution in [0.1, 0.15) is 31.3 Å². The van der Waals surface area contributed by atoms with Crippen LogP contribution in [0.3, 0.4) is 0 Å². The fourth-order valence-electron chi connectivity index (χ4n) is 2.97. The SMILES string of the molecule is CC(C)[C@@H](NC(=O)/C=C/c1ccccc1)c1nc(-c2ccc3c(c2)OCO3)no1. The molecule has 7 nitrogen and oxygen atoms in total. The van der Waals surface area contributed by atoms with E-state index in [-0.39, 0.29) is 18.6 Å². The van der Waals surface area contributed by atoms with Crippen molar-refractivity contribution in [3.05, 3.63) is 66.1 Å². The van der Waals surface area contributed by atoms with E-state index < -0.39 is 6.04 Å². The van der Waals surface area contributed by atoms with E-state index in [4.69, 9.17) is 14.0 Å².